The third kappa shape index (κ3) is 3.28. The normalized spacial score (nSPS) is 10.6. The Morgan fingerprint density at radius 1 is 1.38 bits per heavy atom. The van der Waals surface area contributed by atoms with E-state index in [-0.39, 0.29) is 0 Å². The summed E-state index contributed by atoms with van der Waals surface area (Å²) in [7, 11) is 0. The first-order valence-corrected chi connectivity index (χ1v) is 6.83. The number of nitrogens with zero attached hydrogens (tertiary/aromatic N) is 1. The topological polar surface area (TPSA) is 24.9 Å². The predicted octanol–water partition coefficient (Wildman–Crippen LogP) is 3.85. The van der Waals surface area contributed by atoms with Crippen LogP contribution in [-0.4, -0.2) is 4.98 Å². The molecule has 1 N–H and O–H groups in total. The van der Waals surface area contributed by atoms with E-state index in [0.29, 0.717) is 0 Å². The summed E-state index contributed by atoms with van der Waals surface area (Å²) in [6.45, 7) is 1.66. The molecule has 0 aliphatic rings. The van der Waals surface area contributed by atoms with E-state index in [1.165, 1.54) is 10.4 Å². The molecular formula is C11H10BrClN2S. The van der Waals surface area contributed by atoms with E-state index in [0.717, 1.165) is 22.6 Å². The van der Waals surface area contributed by atoms with Gasteiger partial charge in [-0.3, -0.25) is 4.98 Å². The van der Waals surface area contributed by atoms with E-state index in [1.807, 2.05) is 23.8 Å². The van der Waals surface area contributed by atoms with Crippen LogP contribution < -0.4 is 5.32 Å². The fourth-order valence-corrected chi connectivity index (χ4v) is 2.32. The van der Waals surface area contributed by atoms with Crippen LogP contribution in [0.25, 0.3) is 0 Å². The second-order valence-electron chi connectivity index (χ2n) is 3.32. The molecule has 0 saturated heterocycles. The van der Waals surface area contributed by atoms with Crippen molar-refractivity contribution in [3.63, 3.8) is 0 Å². The number of thiazole rings is 1. The second kappa shape index (κ2) is 5.77. The van der Waals surface area contributed by atoms with Gasteiger partial charge in [-0.1, -0.05) is 17.7 Å². The van der Waals surface area contributed by atoms with E-state index in [2.05, 4.69) is 32.3 Å². The molecule has 1 aromatic carbocycles. The Hall–Kier alpha value is -0.420. The van der Waals surface area contributed by atoms with Crippen LogP contribution in [0.1, 0.15) is 10.4 Å². The molecule has 0 spiro atoms. The maximum Gasteiger partial charge on any atom is 0.0794 e. The lowest BCUT2D eigenvalue weighted by molar-refractivity contribution is 0.700. The van der Waals surface area contributed by atoms with Crippen LogP contribution in [0.4, 0.5) is 0 Å². The van der Waals surface area contributed by atoms with Crippen LogP contribution >= 0.6 is 38.9 Å². The molecule has 1 aromatic heterocycles. The molecule has 0 unspecified atom stereocenters. The highest BCUT2D eigenvalue weighted by Crippen LogP contribution is 2.23. The number of nitrogens with one attached hydrogen (secondary N) is 1. The second-order valence-corrected chi connectivity index (χ2v) is 5.55. The van der Waals surface area contributed by atoms with Crippen molar-refractivity contribution in [2.24, 2.45) is 0 Å². The zero-order chi connectivity index (χ0) is 11.4. The Balaban J connectivity index is 1.87. The molecule has 0 aliphatic heterocycles. The van der Waals surface area contributed by atoms with Crippen molar-refractivity contribution in [1.29, 1.82) is 0 Å². The summed E-state index contributed by atoms with van der Waals surface area (Å²) >= 11 is 11.0. The Labute approximate surface area is 112 Å². The van der Waals surface area contributed by atoms with Crippen molar-refractivity contribution >= 4 is 38.9 Å². The Bertz CT molecular complexity index is 459. The van der Waals surface area contributed by atoms with Crippen molar-refractivity contribution in [1.82, 2.24) is 10.3 Å². The van der Waals surface area contributed by atoms with Gasteiger partial charge in [0.05, 0.1) is 10.5 Å². The first-order chi connectivity index (χ1) is 7.75. The average Bonchev–Trinajstić information content (AvgIpc) is 2.76. The molecule has 0 radical (unpaired) electrons. The summed E-state index contributed by atoms with van der Waals surface area (Å²) in [4.78, 5) is 5.26. The fraction of sp³-hybridized carbons (Fsp3) is 0.182. The summed E-state index contributed by atoms with van der Waals surface area (Å²) in [6, 6.07) is 5.98. The number of rotatable bonds is 4. The SMILES string of the molecule is Clc1cc(CNCc2cncs2)ccc1Br. The highest BCUT2D eigenvalue weighted by atomic mass is 79.9. The van der Waals surface area contributed by atoms with Crippen molar-refractivity contribution in [2.45, 2.75) is 13.1 Å². The first kappa shape index (κ1) is 12.0. The van der Waals surface area contributed by atoms with E-state index >= 15 is 0 Å². The minimum Gasteiger partial charge on any atom is -0.308 e. The number of hydrogen-bond donors (Lipinski definition) is 1. The van der Waals surface area contributed by atoms with Crippen molar-refractivity contribution < 1.29 is 0 Å². The van der Waals surface area contributed by atoms with Gasteiger partial charge >= 0.3 is 0 Å². The lowest BCUT2D eigenvalue weighted by Crippen LogP contribution is -2.11. The molecule has 2 aromatic rings. The van der Waals surface area contributed by atoms with Crippen LogP contribution in [0.5, 0.6) is 0 Å². The van der Waals surface area contributed by atoms with Crippen LogP contribution in [0.2, 0.25) is 5.02 Å². The minimum absolute atomic E-state index is 0.747. The van der Waals surface area contributed by atoms with Crippen LogP contribution in [0, 0.1) is 0 Å². The summed E-state index contributed by atoms with van der Waals surface area (Å²) in [5.41, 5.74) is 3.02. The molecule has 1 heterocycles. The van der Waals surface area contributed by atoms with Gasteiger partial charge in [0.25, 0.3) is 0 Å². The van der Waals surface area contributed by atoms with Crippen molar-refractivity contribution in [3.8, 4) is 0 Å². The van der Waals surface area contributed by atoms with Crippen LogP contribution in [0.15, 0.2) is 34.4 Å². The van der Waals surface area contributed by atoms with Crippen molar-refractivity contribution in [3.05, 3.63) is 49.8 Å². The monoisotopic (exact) mass is 316 g/mol. The molecule has 0 atom stereocenters. The zero-order valence-electron chi connectivity index (χ0n) is 8.41. The lowest BCUT2D eigenvalue weighted by Gasteiger charge is -2.04. The molecule has 0 fully saturated rings. The van der Waals surface area contributed by atoms with Gasteiger partial charge in [0.1, 0.15) is 0 Å². The standard InChI is InChI=1S/C11H10BrClN2S/c12-10-2-1-8(3-11(10)13)4-14-5-9-6-15-7-16-9/h1-3,6-7,14H,4-5H2. The Morgan fingerprint density at radius 3 is 2.94 bits per heavy atom. The van der Waals surface area contributed by atoms with Gasteiger partial charge in [0, 0.05) is 28.6 Å². The molecular weight excluding hydrogens is 308 g/mol. The molecule has 0 bridgehead atoms. The quantitative estimate of drug-likeness (QED) is 0.926. The third-order valence-corrected chi connectivity index (χ3v) is 4.11. The summed E-state index contributed by atoms with van der Waals surface area (Å²) in [5.74, 6) is 0. The number of aromatic nitrogens is 1. The molecule has 5 heteroatoms. The highest BCUT2D eigenvalue weighted by molar-refractivity contribution is 9.10. The van der Waals surface area contributed by atoms with E-state index in [1.54, 1.807) is 11.3 Å². The Kier molecular flexibility index (Phi) is 4.35. The average molecular weight is 318 g/mol. The molecule has 2 rings (SSSR count). The molecule has 0 amide bonds. The van der Waals surface area contributed by atoms with E-state index < -0.39 is 0 Å². The summed E-state index contributed by atoms with van der Waals surface area (Å²) in [5, 5.41) is 4.09. The third-order valence-electron chi connectivity index (χ3n) is 2.10. The highest BCUT2D eigenvalue weighted by Gasteiger charge is 1.99. The van der Waals surface area contributed by atoms with Gasteiger partial charge in [0.2, 0.25) is 0 Å². The van der Waals surface area contributed by atoms with Crippen molar-refractivity contribution in [2.75, 3.05) is 0 Å². The molecule has 2 nitrogen and oxygen atoms in total. The number of hydrogen-bond acceptors (Lipinski definition) is 3. The molecule has 16 heavy (non-hydrogen) atoms. The maximum atomic E-state index is 6.01. The predicted molar refractivity (Wildman–Crippen MR) is 71.8 cm³/mol. The smallest absolute Gasteiger partial charge is 0.0794 e. The lowest BCUT2D eigenvalue weighted by atomic mass is 10.2. The van der Waals surface area contributed by atoms with Gasteiger partial charge in [-0.25, -0.2) is 0 Å². The van der Waals surface area contributed by atoms with Gasteiger partial charge in [-0.15, -0.1) is 11.3 Å². The molecule has 84 valence electrons. The fourth-order valence-electron chi connectivity index (χ4n) is 1.31. The zero-order valence-corrected chi connectivity index (χ0v) is 11.6. The summed E-state index contributed by atoms with van der Waals surface area (Å²) in [6.07, 6.45) is 1.88. The van der Waals surface area contributed by atoms with Gasteiger partial charge in [-0.05, 0) is 33.6 Å². The van der Waals surface area contributed by atoms with Gasteiger partial charge < -0.3 is 5.32 Å². The van der Waals surface area contributed by atoms with Gasteiger partial charge in [-0.2, -0.15) is 0 Å². The molecule has 0 saturated carbocycles. The summed E-state index contributed by atoms with van der Waals surface area (Å²) < 4.78 is 0.931. The van der Waals surface area contributed by atoms with Crippen LogP contribution in [0.3, 0.4) is 0 Å². The van der Waals surface area contributed by atoms with E-state index in [4.69, 9.17) is 11.6 Å². The first-order valence-electron chi connectivity index (χ1n) is 4.78. The maximum absolute atomic E-state index is 6.01. The Morgan fingerprint density at radius 2 is 2.25 bits per heavy atom. The molecule has 0 aliphatic carbocycles. The largest absolute Gasteiger partial charge is 0.308 e. The van der Waals surface area contributed by atoms with E-state index in [9.17, 15) is 0 Å². The minimum atomic E-state index is 0.747. The van der Waals surface area contributed by atoms with Gasteiger partial charge in [0.15, 0.2) is 0 Å². The number of halogens is 2. The number of benzene rings is 1. The van der Waals surface area contributed by atoms with Crippen LogP contribution in [-0.2, 0) is 13.1 Å².